The van der Waals surface area contributed by atoms with E-state index >= 15 is 0 Å². The van der Waals surface area contributed by atoms with E-state index in [1.165, 1.54) is 25.0 Å². The van der Waals surface area contributed by atoms with Gasteiger partial charge in [0.2, 0.25) is 0 Å². The van der Waals surface area contributed by atoms with Crippen molar-refractivity contribution in [1.82, 2.24) is 14.3 Å². The molecule has 1 saturated carbocycles. The van der Waals surface area contributed by atoms with Crippen LogP contribution in [0.1, 0.15) is 24.1 Å². The Morgan fingerprint density at radius 1 is 1.12 bits per heavy atom. The van der Waals surface area contributed by atoms with Gasteiger partial charge in [0, 0.05) is 31.9 Å². The van der Waals surface area contributed by atoms with Crippen molar-refractivity contribution in [2.24, 2.45) is 5.92 Å². The molecule has 0 aliphatic heterocycles. The molecule has 0 saturated heterocycles. The number of nitrogens with zero attached hydrogens (tertiary/aromatic N) is 3. The first-order chi connectivity index (χ1) is 12.2. The summed E-state index contributed by atoms with van der Waals surface area (Å²) in [7, 11) is 0. The number of rotatable bonds is 6. The SMILES string of the molecule is O=c1cc(CN(Cc2ccc(F)cc2)CC2CC2)nc2ccccn12. The minimum absolute atomic E-state index is 0.0613. The van der Waals surface area contributed by atoms with Crippen LogP contribution < -0.4 is 5.56 Å². The highest BCUT2D eigenvalue weighted by Gasteiger charge is 2.24. The van der Waals surface area contributed by atoms with Crippen molar-refractivity contribution in [3.8, 4) is 0 Å². The Hall–Kier alpha value is -2.53. The van der Waals surface area contributed by atoms with E-state index in [9.17, 15) is 9.18 Å². The first-order valence-corrected chi connectivity index (χ1v) is 8.61. The Morgan fingerprint density at radius 3 is 2.68 bits per heavy atom. The minimum atomic E-state index is -0.221. The quantitative estimate of drug-likeness (QED) is 0.693. The molecule has 0 unspecified atom stereocenters. The summed E-state index contributed by atoms with van der Waals surface area (Å²) in [4.78, 5) is 19.2. The van der Waals surface area contributed by atoms with Crippen LogP contribution in [0.4, 0.5) is 4.39 Å². The molecule has 3 aromatic rings. The summed E-state index contributed by atoms with van der Waals surface area (Å²) in [5.41, 5.74) is 2.45. The second kappa shape index (κ2) is 6.76. The normalized spacial score (nSPS) is 14.3. The molecule has 1 aliphatic carbocycles. The molecule has 128 valence electrons. The molecule has 0 amide bonds. The van der Waals surface area contributed by atoms with Gasteiger partial charge in [0.1, 0.15) is 11.5 Å². The molecule has 0 radical (unpaired) electrons. The molecule has 5 heteroatoms. The van der Waals surface area contributed by atoms with Gasteiger partial charge in [-0.15, -0.1) is 0 Å². The number of aromatic nitrogens is 2. The largest absolute Gasteiger partial charge is 0.293 e. The van der Waals surface area contributed by atoms with Gasteiger partial charge in [-0.25, -0.2) is 9.37 Å². The number of pyridine rings is 1. The smallest absolute Gasteiger partial charge is 0.258 e. The van der Waals surface area contributed by atoms with Crippen molar-refractivity contribution in [2.75, 3.05) is 6.54 Å². The van der Waals surface area contributed by atoms with Crippen molar-refractivity contribution in [3.63, 3.8) is 0 Å². The van der Waals surface area contributed by atoms with Crippen LogP contribution in [0.2, 0.25) is 0 Å². The fourth-order valence-electron chi connectivity index (χ4n) is 3.11. The predicted octanol–water partition coefficient (Wildman–Crippen LogP) is 3.25. The molecule has 4 nitrogen and oxygen atoms in total. The maximum Gasteiger partial charge on any atom is 0.258 e. The maximum absolute atomic E-state index is 13.1. The first kappa shape index (κ1) is 16.0. The monoisotopic (exact) mass is 337 g/mol. The maximum atomic E-state index is 13.1. The first-order valence-electron chi connectivity index (χ1n) is 8.61. The standard InChI is InChI=1S/C20H20FN3O/c21-17-8-6-16(7-9-17)13-23(12-15-4-5-15)14-18-11-20(25)24-10-2-1-3-19(24)22-18/h1-3,6-11,15H,4-5,12-14H2. The third-order valence-corrected chi connectivity index (χ3v) is 4.54. The van der Waals surface area contributed by atoms with Gasteiger partial charge in [0.05, 0.1) is 5.69 Å². The van der Waals surface area contributed by atoms with E-state index in [4.69, 9.17) is 0 Å². The number of benzene rings is 1. The second-order valence-corrected chi connectivity index (χ2v) is 6.75. The Balaban J connectivity index is 1.57. The van der Waals surface area contributed by atoms with Crippen LogP contribution in [-0.4, -0.2) is 20.8 Å². The summed E-state index contributed by atoms with van der Waals surface area (Å²) in [5.74, 6) is 0.503. The molecular weight excluding hydrogens is 317 g/mol. The summed E-state index contributed by atoms with van der Waals surface area (Å²) in [6, 6.07) is 13.8. The van der Waals surface area contributed by atoms with Crippen LogP contribution in [0.5, 0.6) is 0 Å². The third-order valence-electron chi connectivity index (χ3n) is 4.54. The molecule has 2 heterocycles. The molecule has 0 bridgehead atoms. The number of halogens is 1. The summed E-state index contributed by atoms with van der Waals surface area (Å²) in [5, 5.41) is 0. The van der Waals surface area contributed by atoms with Crippen molar-refractivity contribution < 1.29 is 4.39 Å². The average molecular weight is 337 g/mol. The number of hydrogen-bond donors (Lipinski definition) is 0. The van der Waals surface area contributed by atoms with Gasteiger partial charge < -0.3 is 0 Å². The molecule has 0 atom stereocenters. The highest BCUT2D eigenvalue weighted by Crippen LogP contribution is 2.30. The van der Waals surface area contributed by atoms with E-state index in [0.717, 1.165) is 30.3 Å². The van der Waals surface area contributed by atoms with Crippen LogP contribution in [0.3, 0.4) is 0 Å². The third kappa shape index (κ3) is 3.94. The molecule has 1 fully saturated rings. The minimum Gasteiger partial charge on any atom is -0.293 e. The molecule has 1 aliphatic rings. The van der Waals surface area contributed by atoms with Crippen LogP contribution >= 0.6 is 0 Å². The highest BCUT2D eigenvalue weighted by atomic mass is 19.1. The van der Waals surface area contributed by atoms with Crippen LogP contribution in [0, 0.1) is 11.7 Å². The zero-order valence-corrected chi connectivity index (χ0v) is 13.9. The van der Waals surface area contributed by atoms with Gasteiger partial charge in [-0.05, 0) is 48.6 Å². The van der Waals surface area contributed by atoms with Crippen LogP contribution in [-0.2, 0) is 13.1 Å². The lowest BCUT2D eigenvalue weighted by atomic mass is 10.2. The number of fused-ring (bicyclic) bond motifs is 1. The topological polar surface area (TPSA) is 37.6 Å². The summed E-state index contributed by atoms with van der Waals surface area (Å²) < 4.78 is 14.7. The van der Waals surface area contributed by atoms with Crippen molar-refractivity contribution in [1.29, 1.82) is 0 Å². The van der Waals surface area contributed by atoms with Crippen LogP contribution in [0.15, 0.2) is 59.5 Å². The van der Waals surface area contributed by atoms with Gasteiger partial charge in [0.25, 0.3) is 5.56 Å². The zero-order chi connectivity index (χ0) is 17.2. The van der Waals surface area contributed by atoms with Gasteiger partial charge in [-0.2, -0.15) is 0 Å². The fraction of sp³-hybridized carbons (Fsp3) is 0.300. The molecule has 4 rings (SSSR count). The Morgan fingerprint density at radius 2 is 1.92 bits per heavy atom. The Labute approximate surface area is 145 Å². The lowest BCUT2D eigenvalue weighted by Crippen LogP contribution is -2.27. The molecular formula is C20H20FN3O. The van der Waals surface area contributed by atoms with Gasteiger partial charge >= 0.3 is 0 Å². The lowest BCUT2D eigenvalue weighted by Gasteiger charge is -2.22. The summed E-state index contributed by atoms with van der Waals surface area (Å²) >= 11 is 0. The Bertz CT molecular complexity index is 932. The highest BCUT2D eigenvalue weighted by molar-refractivity contribution is 5.38. The zero-order valence-electron chi connectivity index (χ0n) is 13.9. The molecule has 1 aromatic carbocycles. The Kier molecular flexibility index (Phi) is 4.32. The van der Waals surface area contributed by atoms with Gasteiger partial charge in [-0.1, -0.05) is 18.2 Å². The average Bonchev–Trinajstić information content (AvgIpc) is 3.41. The molecule has 25 heavy (non-hydrogen) atoms. The second-order valence-electron chi connectivity index (χ2n) is 6.75. The van der Waals surface area contributed by atoms with Crippen molar-refractivity contribution >= 4 is 5.65 Å². The fourth-order valence-corrected chi connectivity index (χ4v) is 3.11. The van der Waals surface area contributed by atoms with Gasteiger partial charge in [-0.3, -0.25) is 14.1 Å². The molecule has 0 spiro atoms. The summed E-state index contributed by atoms with van der Waals surface area (Å²) in [6.45, 7) is 2.33. The predicted molar refractivity (Wildman–Crippen MR) is 94.7 cm³/mol. The van der Waals surface area contributed by atoms with Crippen molar-refractivity contribution in [3.05, 3.63) is 82.2 Å². The lowest BCUT2D eigenvalue weighted by molar-refractivity contribution is 0.243. The molecule has 0 N–H and O–H groups in total. The van der Waals surface area contributed by atoms with E-state index < -0.39 is 0 Å². The van der Waals surface area contributed by atoms with E-state index in [-0.39, 0.29) is 11.4 Å². The van der Waals surface area contributed by atoms with Gasteiger partial charge in [0.15, 0.2) is 0 Å². The van der Waals surface area contributed by atoms with Crippen LogP contribution in [0.25, 0.3) is 5.65 Å². The van der Waals surface area contributed by atoms with E-state index in [1.807, 2.05) is 30.3 Å². The number of hydrogen-bond acceptors (Lipinski definition) is 3. The van der Waals surface area contributed by atoms with Crippen molar-refractivity contribution in [2.45, 2.75) is 25.9 Å². The van der Waals surface area contributed by atoms with E-state index in [0.29, 0.717) is 12.2 Å². The summed E-state index contributed by atoms with van der Waals surface area (Å²) in [6.07, 6.45) is 4.25. The molecule has 2 aromatic heterocycles. The van der Waals surface area contributed by atoms with E-state index in [1.54, 1.807) is 16.7 Å². The van der Waals surface area contributed by atoms with E-state index in [2.05, 4.69) is 9.88 Å².